The first-order valence-corrected chi connectivity index (χ1v) is 9.39. The van der Waals surface area contributed by atoms with Crippen LogP contribution in [0.3, 0.4) is 0 Å². The fraction of sp³-hybridized carbons (Fsp3) is 0.438. The van der Waals surface area contributed by atoms with Crippen molar-refractivity contribution in [1.29, 1.82) is 0 Å². The average Bonchev–Trinajstić information content (AvgIpc) is 2.88. The summed E-state index contributed by atoms with van der Waals surface area (Å²) < 4.78 is 28.2. The lowest BCUT2D eigenvalue weighted by atomic mass is 10.1. The zero-order valence-corrected chi connectivity index (χ0v) is 14.9. The summed E-state index contributed by atoms with van der Waals surface area (Å²) in [7, 11) is -3.69. The zero-order valence-electron chi connectivity index (χ0n) is 14.1. The molecular formula is C16H24N4O3S. The highest BCUT2D eigenvalue weighted by Crippen LogP contribution is 2.17. The van der Waals surface area contributed by atoms with Crippen molar-refractivity contribution in [3.8, 4) is 0 Å². The summed E-state index contributed by atoms with van der Waals surface area (Å²) in [6.07, 6.45) is 2.59. The number of rotatable bonds is 8. The minimum absolute atomic E-state index is 0.236. The average molecular weight is 352 g/mol. The molecular weight excluding hydrogens is 328 g/mol. The van der Waals surface area contributed by atoms with E-state index in [-0.39, 0.29) is 11.9 Å². The number of carbonyl (C=O) groups excluding carboxylic acids is 1. The van der Waals surface area contributed by atoms with Crippen LogP contribution in [0.5, 0.6) is 0 Å². The third-order valence-electron chi connectivity index (χ3n) is 3.48. The minimum atomic E-state index is -3.69. The molecule has 0 aliphatic carbocycles. The zero-order chi connectivity index (χ0) is 17.7. The largest absolute Gasteiger partial charge is 0.361 e. The highest BCUT2D eigenvalue weighted by atomic mass is 32.2. The maximum absolute atomic E-state index is 12.0. The van der Waals surface area contributed by atoms with Crippen molar-refractivity contribution in [2.75, 3.05) is 6.54 Å². The number of hydrogen-bond acceptors (Lipinski definition) is 3. The Kier molecular flexibility index (Phi) is 5.98. The van der Waals surface area contributed by atoms with Gasteiger partial charge in [-0.1, -0.05) is 18.2 Å². The predicted molar refractivity (Wildman–Crippen MR) is 94.8 cm³/mol. The molecule has 0 spiro atoms. The van der Waals surface area contributed by atoms with E-state index >= 15 is 0 Å². The SMILES string of the molecule is CC(C)NS(=O)(=O)N[C@@H](C)C(=O)NCCc1c[nH]c2ccccc12. The molecule has 2 rings (SSSR count). The van der Waals surface area contributed by atoms with Gasteiger partial charge in [0.1, 0.15) is 0 Å². The van der Waals surface area contributed by atoms with Crippen LogP contribution in [0.15, 0.2) is 30.5 Å². The van der Waals surface area contributed by atoms with Crippen LogP contribution in [-0.2, 0) is 21.4 Å². The molecule has 0 radical (unpaired) electrons. The van der Waals surface area contributed by atoms with Crippen molar-refractivity contribution >= 4 is 27.0 Å². The molecule has 8 heteroatoms. The lowest BCUT2D eigenvalue weighted by molar-refractivity contribution is -0.122. The molecule has 1 aromatic heterocycles. The third-order valence-corrected chi connectivity index (χ3v) is 4.93. The molecule has 1 atom stereocenters. The molecule has 0 saturated carbocycles. The molecule has 0 aliphatic rings. The second-order valence-corrected chi connectivity index (χ2v) is 7.49. The summed E-state index contributed by atoms with van der Waals surface area (Å²) in [5.41, 5.74) is 2.17. The Hall–Kier alpha value is -1.90. The lowest BCUT2D eigenvalue weighted by Gasteiger charge is -2.16. The van der Waals surface area contributed by atoms with Gasteiger partial charge in [0.05, 0.1) is 6.04 Å². The predicted octanol–water partition coefficient (Wildman–Crippen LogP) is 1.05. The maximum atomic E-state index is 12.0. The number of aromatic nitrogens is 1. The first-order valence-electron chi connectivity index (χ1n) is 7.91. The number of nitrogens with one attached hydrogen (secondary N) is 4. The van der Waals surface area contributed by atoms with Crippen LogP contribution < -0.4 is 14.8 Å². The molecule has 0 unspecified atom stereocenters. The van der Waals surface area contributed by atoms with Crippen LogP contribution >= 0.6 is 0 Å². The Morgan fingerprint density at radius 3 is 2.58 bits per heavy atom. The first-order chi connectivity index (χ1) is 11.3. The Balaban J connectivity index is 1.84. The number of amides is 1. The summed E-state index contributed by atoms with van der Waals surface area (Å²) in [5.74, 6) is -0.357. The van der Waals surface area contributed by atoms with Crippen molar-refractivity contribution in [3.63, 3.8) is 0 Å². The monoisotopic (exact) mass is 352 g/mol. The van der Waals surface area contributed by atoms with Gasteiger partial charge in [-0.15, -0.1) is 0 Å². The maximum Gasteiger partial charge on any atom is 0.277 e. The molecule has 1 heterocycles. The highest BCUT2D eigenvalue weighted by Gasteiger charge is 2.20. The summed E-state index contributed by atoms with van der Waals surface area (Å²) in [5, 5.41) is 3.88. The number of carbonyl (C=O) groups is 1. The fourth-order valence-corrected chi connectivity index (χ4v) is 3.70. The van der Waals surface area contributed by atoms with E-state index in [1.807, 2.05) is 30.5 Å². The Bertz CT molecular complexity index is 799. The summed E-state index contributed by atoms with van der Waals surface area (Å²) in [4.78, 5) is 15.2. The van der Waals surface area contributed by atoms with Crippen LogP contribution in [0.2, 0.25) is 0 Å². The second kappa shape index (κ2) is 7.78. The van der Waals surface area contributed by atoms with Gasteiger partial charge in [-0.05, 0) is 38.8 Å². The van der Waals surface area contributed by atoms with Gasteiger partial charge in [-0.25, -0.2) is 0 Å². The van der Waals surface area contributed by atoms with E-state index in [0.717, 1.165) is 16.5 Å². The number of benzene rings is 1. The number of para-hydroxylation sites is 1. The minimum Gasteiger partial charge on any atom is -0.361 e. The summed E-state index contributed by atoms with van der Waals surface area (Å²) in [6.45, 7) is 5.38. The van der Waals surface area contributed by atoms with Crippen LogP contribution in [0.25, 0.3) is 10.9 Å². The first kappa shape index (κ1) is 18.4. The van der Waals surface area contributed by atoms with Crippen molar-refractivity contribution in [3.05, 3.63) is 36.0 Å². The van der Waals surface area contributed by atoms with Crippen molar-refractivity contribution in [2.24, 2.45) is 0 Å². The summed E-state index contributed by atoms with van der Waals surface area (Å²) >= 11 is 0. The van der Waals surface area contributed by atoms with Gasteiger partial charge in [0, 0.05) is 29.7 Å². The molecule has 2 aromatic rings. The lowest BCUT2D eigenvalue weighted by Crippen LogP contribution is -2.50. The number of hydrogen-bond donors (Lipinski definition) is 4. The van der Waals surface area contributed by atoms with E-state index in [9.17, 15) is 13.2 Å². The van der Waals surface area contributed by atoms with E-state index in [4.69, 9.17) is 0 Å². The topological polar surface area (TPSA) is 103 Å². The van der Waals surface area contributed by atoms with Gasteiger partial charge in [-0.2, -0.15) is 17.9 Å². The fourth-order valence-electron chi connectivity index (χ4n) is 2.44. The van der Waals surface area contributed by atoms with Gasteiger partial charge in [-0.3, -0.25) is 4.79 Å². The van der Waals surface area contributed by atoms with Gasteiger partial charge < -0.3 is 10.3 Å². The van der Waals surface area contributed by atoms with Crippen LogP contribution in [-0.4, -0.2) is 37.9 Å². The van der Waals surface area contributed by atoms with Crippen LogP contribution in [0, 0.1) is 0 Å². The molecule has 4 N–H and O–H groups in total. The highest BCUT2D eigenvalue weighted by molar-refractivity contribution is 7.87. The van der Waals surface area contributed by atoms with E-state index in [2.05, 4.69) is 19.7 Å². The van der Waals surface area contributed by atoms with E-state index in [1.165, 1.54) is 6.92 Å². The molecule has 7 nitrogen and oxygen atoms in total. The molecule has 0 saturated heterocycles. The third kappa shape index (κ3) is 5.05. The number of aromatic amines is 1. The molecule has 0 fully saturated rings. The molecule has 1 aromatic carbocycles. The molecule has 132 valence electrons. The molecule has 0 bridgehead atoms. The molecule has 24 heavy (non-hydrogen) atoms. The summed E-state index contributed by atoms with van der Waals surface area (Å²) in [6, 6.07) is 6.87. The normalized spacial score (nSPS) is 13.3. The van der Waals surface area contributed by atoms with Crippen molar-refractivity contribution in [1.82, 2.24) is 19.7 Å². The van der Waals surface area contributed by atoms with Gasteiger partial charge >= 0.3 is 0 Å². The van der Waals surface area contributed by atoms with E-state index in [1.54, 1.807) is 13.8 Å². The Labute approximate surface area is 142 Å². The standard InChI is InChI=1S/C16H24N4O3S/c1-11(2)19-24(22,23)20-12(3)16(21)17-9-8-13-10-18-15-7-5-4-6-14(13)15/h4-7,10-12,18-20H,8-9H2,1-3H3,(H,17,21)/t12-/m0/s1. The number of H-pyrrole nitrogens is 1. The Morgan fingerprint density at radius 2 is 1.88 bits per heavy atom. The Morgan fingerprint density at radius 1 is 1.17 bits per heavy atom. The smallest absolute Gasteiger partial charge is 0.277 e. The van der Waals surface area contributed by atoms with Crippen LogP contribution in [0.1, 0.15) is 26.3 Å². The number of fused-ring (bicyclic) bond motifs is 1. The second-order valence-electron chi connectivity index (χ2n) is 6.02. The molecule has 1 amide bonds. The van der Waals surface area contributed by atoms with Crippen LogP contribution in [0.4, 0.5) is 0 Å². The van der Waals surface area contributed by atoms with E-state index in [0.29, 0.717) is 13.0 Å². The van der Waals surface area contributed by atoms with E-state index < -0.39 is 16.3 Å². The van der Waals surface area contributed by atoms with Crippen molar-refractivity contribution < 1.29 is 13.2 Å². The molecule has 0 aliphatic heterocycles. The van der Waals surface area contributed by atoms with Gasteiger partial charge in [0.2, 0.25) is 5.91 Å². The quantitative estimate of drug-likeness (QED) is 0.571. The van der Waals surface area contributed by atoms with Gasteiger partial charge in [0.15, 0.2) is 0 Å². The van der Waals surface area contributed by atoms with Gasteiger partial charge in [0.25, 0.3) is 10.2 Å². The van der Waals surface area contributed by atoms with Crippen molar-refractivity contribution in [2.45, 2.75) is 39.3 Å².